The van der Waals surface area contributed by atoms with Gasteiger partial charge in [-0.2, -0.15) is 0 Å². The third kappa shape index (κ3) is 2.48. The van der Waals surface area contributed by atoms with Gasteiger partial charge in [-0.25, -0.2) is 4.68 Å². The molecule has 0 unspecified atom stereocenters. The fourth-order valence-electron chi connectivity index (χ4n) is 1.13. The van der Waals surface area contributed by atoms with Crippen molar-refractivity contribution in [2.24, 2.45) is 7.05 Å². The van der Waals surface area contributed by atoms with Crippen LogP contribution >= 0.6 is 23.1 Å². The van der Waals surface area contributed by atoms with Crippen molar-refractivity contribution in [3.63, 3.8) is 0 Å². The first-order valence-corrected chi connectivity index (χ1v) is 6.42. The minimum Gasteiger partial charge on any atom is -0.292 e. The maximum absolute atomic E-state index is 11.8. The highest BCUT2D eigenvalue weighted by Gasteiger charge is 2.11. The molecule has 0 amide bonds. The Labute approximate surface area is 101 Å². The Morgan fingerprint density at radius 1 is 1.56 bits per heavy atom. The van der Waals surface area contributed by atoms with Gasteiger partial charge < -0.3 is 0 Å². The summed E-state index contributed by atoms with van der Waals surface area (Å²) in [7, 11) is 1.75. The minimum atomic E-state index is 0.117. The van der Waals surface area contributed by atoms with Crippen molar-refractivity contribution in [2.45, 2.75) is 12.1 Å². The Hall–Kier alpha value is -1.21. The zero-order chi connectivity index (χ0) is 11.5. The highest BCUT2D eigenvalue weighted by atomic mass is 32.2. The van der Waals surface area contributed by atoms with Crippen molar-refractivity contribution >= 4 is 28.9 Å². The van der Waals surface area contributed by atoms with E-state index in [4.69, 9.17) is 0 Å². The molecular formula is C9H10N4OS2. The van der Waals surface area contributed by atoms with E-state index in [2.05, 4.69) is 15.5 Å². The Morgan fingerprint density at radius 3 is 2.94 bits per heavy atom. The SMILES string of the molecule is Cc1ccc(C(=O)CSc2nnnn2C)s1. The van der Waals surface area contributed by atoms with E-state index in [-0.39, 0.29) is 5.78 Å². The van der Waals surface area contributed by atoms with Gasteiger partial charge in [-0.3, -0.25) is 4.79 Å². The molecule has 84 valence electrons. The molecule has 5 nitrogen and oxygen atoms in total. The van der Waals surface area contributed by atoms with Crippen molar-refractivity contribution < 1.29 is 4.79 Å². The zero-order valence-corrected chi connectivity index (χ0v) is 10.5. The smallest absolute Gasteiger partial charge is 0.209 e. The van der Waals surface area contributed by atoms with Gasteiger partial charge in [0.1, 0.15) is 0 Å². The maximum atomic E-state index is 11.8. The van der Waals surface area contributed by atoms with Gasteiger partial charge in [0.25, 0.3) is 0 Å². The Balaban J connectivity index is 1.96. The minimum absolute atomic E-state index is 0.117. The predicted molar refractivity (Wildman–Crippen MR) is 62.9 cm³/mol. The molecule has 16 heavy (non-hydrogen) atoms. The van der Waals surface area contributed by atoms with Crippen molar-refractivity contribution in [3.05, 3.63) is 21.9 Å². The molecule has 2 aromatic heterocycles. The molecule has 0 N–H and O–H groups in total. The lowest BCUT2D eigenvalue weighted by atomic mass is 10.3. The fourth-order valence-corrected chi connectivity index (χ4v) is 2.76. The highest BCUT2D eigenvalue weighted by molar-refractivity contribution is 7.99. The molecule has 2 heterocycles. The molecule has 0 aliphatic rings. The van der Waals surface area contributed by atoms with E-state index >= 15 is 0 Å². The molecule has 0 fully saturated rings. The normalized spacial score (nSPS) is 10.6. The van der Waals surface area contributed by atoms with Crippen molar-refractivity contribution in [1.82, 2.24) is 20.2 Å². The van der Waals surface area contributed by atoms with Crippen molar-refractivity contribution in [3.8, 4) is 0 Å². The van der Waals surface area contributed by atoms with E-state index in [1.165, 1.54) is 23.1 Å². The number of tetrazole rings is 1. The second-order valence-corrected chi connectivity index (χ2v) is 5.44. The van der Waals surface area contributed by atoms with Crippen LogP contribution in [-0.4, -0.2) is 31.7 Å². The molecule has 0 aromatic carbocycles. The number of hydrogen-bond donors (Lipinski definition) is 0. The lowest BCUT2D eigenvalue weighted by molar-refractivity contribution is 0.102. The van der Waals surface area contributed by atoms with Gasteiger partial charge in [-0.1, -0.05) is 11.8 Å². The second kappa shape index (κ2) is 4.75. The van der Waals surface area contributed by atoms with Crippen LogP contribution in [0.15, 0.2) is 17.3 Å². The number of Topliss-reactive ketones (excluding diaryl/α,β-unsaturated/α-hetero) is 1. The molecule has 0 spiro atoms. The van der Waals surface area contributed by atoms with E-state index in [1.807, 2.05) is 19.1 Å². The molecule has 0 saturated heterocycles. The van der Waals surface area contributed by atoms with Gasteiger partial charge in [-0.05, 0) is 29.5 Å². The van der Waals surface area contributed by atoms with Crippen LogP contribution in [-0.2, 0) is 7.05 Å². The number of ketones is 1. The molecule has 2 aromatic rings. The Kier molecular flexibility index (Phi) is 3.35. The van der Waals surface area contributed by atoms with Crippen LogP contribution in [0.2, 0.25) is 0 Å². The number of rotatable bonds is 4. The summed E-state index contributed by atoms with van der Waals surface area (Å²) in [5.41, 5.74) is 0. The van der Waals surface area contributed by atoms with Crippen LogP contribution in [0.5, 0.6) is 0 Å². The van der Waals surface area contributed by atoms with E-state index in [0.29, 0.717) is 10.9 Å². The average molecular weight is 254 g/mol. The number of thiophene rings is 1. The van der Waals surface area contributed by atoms with E-state index < -0.39 is 0 Å². The molecule has 0 atom stereocenters. The lowest BCUT2D eigenvalue weighted by Gasteiger charge is -1.96. The standard InChI is InChI=1S/C9H10N4OS2/c1-6-3-4-8(16-6)7(14)5-15-9-10-11-12-13(9)2/h3-4H,5H2,1-2H3. The highest BCUT2D eigenvalue weighted by Crippen LogP contribution is 2.19. The maximum Gasteiger partial charge on any atom is 0.209 e. The summed E-state index contributed by atoms with van der Waals surface area (Å²) in [5.74, 6) is 0.486. The number of nitrogens with zero attached hydrogens (tertiary/aromatic N) is 4. The van der Waals surface area contributed by atoms with Gasteiger partial charge in [0.05, 0.1) is 10.6 Å². The zero-order valence-electron chi connectivity index (χ0n) is 8.88. The molecule has 0 bridgehead atoms. The monoisotopic (exact) mass is 254 g/mol. The van der Waals surface area contributed by atoms with Gasteiger partial charge in [0.2, 0.25) is 5.16 Å². The topological polar surface area (TPSA) is 60.7 Å². The predicted octanol–water partition coefficient (Wildman–Crippen LogP) is 1.56. The Bertz CT molecular complexity index is 505. The quantitative estimate of drug-likeness (QED) is 0.612. The van der Waals surface area contributed by atoms with Crippen LogP contribution in [0.3, 0.4) is 0 Å². The van der Waals surface area contributed by atoms with Crippen LogP contribution in [0, 0.1) is 6.92 Å². The summed E-state index contributed by atoms with van der Waals surface area (Å²) in [6, 6.07) is 3.81. The number of aryl methyl sites for hydroxylation is 2. The molecule has 0 radical (unpaired) electrons. The van der Waals surface area contributed by atoms with Crippen molar-refractivity contribution in [2.75, 3.05) is 5.75 Å². The van der Waals surface area contributed by atoms with E-state index in [0.717, 1.165) is 9.75 Å². The molecule has 0 aliphatic heterocycles. The lowest BCUT2D eigenvalue weighted by Crippen LogP contribution is -2.01. The largest absolute Gasteiger partial charge is 0.292 e. The first kappa shape index (κ1) is 11.3. The van der Waals surface area contributed by atoms with Crippen LogP contribution in [0.25, 0.3) is 0 Å². The Morgan fingerprint density at radius 2 is 2.38 bits per heavy atom. The molecule has 0 aliphatic carbocycles. The number of hydrogen-bond acceptors (Lipinski definition) is 6. The summed E-state index contributed by atoms with van der Waals surface area (Å²) in [4.78, 5) is 13.7. The summed E-state index contributed by atoms with van der Waals surface area (Å²) in [6.07, 6.45) is 0. The van der Waals surface area contributed by atoms with Crippen LogP contribution in [0.4, 0.5) is 0 Å². The summed E-state index contributed by atoms with van der Waals surface area (Å²) < 4.78 is 1.55. The fraction of sp³-hybridized carbons (Fsp3) is 0.333. The third-order valence-electron chi connectivity index (χ3n) is 1.93. The van der Waals surface area contributed by atoms with Gasteiger partial charge >= 0.3 is 0 Å². The third-order valence-corrected chi connectivity index (χ3v) is 3.98. The van der Waals surface area contributed by atoms with Crippen LogP contribution in [0.1, 0.15) is 14.5 Å². The first-order valence-electron chi connectivity index (χ1n) is 4.61. The second-order valence-electron chi connectivity index (χ2n) is 3.21. The van der Waals surface area contributed by atoms with Crippen LogP contribution < -0.4 is 0 Å². The van der Waals surface area contributed by atoms with Gasteiger partial charge in [0, 0.05) is 11.9 Å². The van der Waals surface area contributed by atoms with E-state index in [1.54, 1.807) is 11.7 Å². The van der Waals surface area contributed by atoms with Crippen molar-refractivity contribution in [1.29, 1.82) is 0 Å². The summed E-state index contributed by atoms with van der Waals surface area (Å²) >= 11 is 2.87. The number of aromatic nitrogens is 4. The molecular weight excluding hydrogens is 244 g/mol. The number of carbonyl (C=O) groups is 1. The van der Waals surface area contributed by atoms with Gasteiger partial charge in [-0.15, -0.1) is 16.4 Å². The molecule has 2 rings (SSSR count). The molecule has 0 saturated carbocycles. The first-order chi connectivity index (χ1) is 7.66. The molecule has 7 heteroatoms. The average Bonchev–Trinajstić information content (AvgIpc) is 2.84. The summed E-state index contributed by atoms with van der Waals surface area (Å²) in [5, 5.41) is 11.7. The van der Waals surface area contributed by atoms with E-state index in [9.17, 15) is 4.79 Å². The summed E-state index contributed by atoms with van der Waals surface area (Å²) in [6.45, 7) is 1.99. The van der Waals surface area contributed by atoms with Gasteiger partial charge in [0.15, 0.2) is 5.78 Å². The number of thioether (sulfide) groups is 1. The number of carbonyl (C=O) groups excluding carboxylic acids is 1.